The fourth-order valence-corrected chi connectivity index (χ4v) is 2.09. The third-order valence-electron chi connectivity index (χ3n) is 3.04. The molecule has 1 atom stereocenters. The Morgan fingerprint density at radius 1 is 1.17 bits per heavy atom. The van der Waals surface area contributed by atoms with Gasteiger partial charge in [0.2, 0.25) is 0 Å². The first kappa shape index (κ1) is 17.0. The minimum atomic E-state index is -1.03. The van der Waals surface area contributed by atoms with Crippen LogP contribution in [0.5, 0.6) is 17.2 Å². The number of benzene rings is 2. The van der Waals surface area contributed by atoms with Gasteiger partial charge in [-0.2, -0.15) is 0 Å². The molecule has 0 radical (unpaired) electrons. The van der Waals surface area contributed by atoms with Crippen LogP contribution in [0.4, 0.5) is 4.79 Å². The maximum Gasteiger partial charge on any atom is 0.404 e. The molecule has 0 spiro atoms. The largest absolute Gasteiger partial charge is 0.494 e. The van der Waals surface area contributed by atoms with E-state index in [-0.39, 0.29) is 6.04 Å². The smallest absolute Gasteiger partial charge is 0.404 e. The summed E-state index contributed by atoms with van der Waals surface area (Å²) in [6.07, 6.45) is -0.437. The van der Waals surface area contributed by atoms with Crippen molar-refractivity contribution < 1.29 is 19.4 Å². The Kier molecular flexibility index (Phi) is 6.11. The van der Waals surface area contributed by atoms with Crippen molar-refractivity contribution in [2.45, 2.75) is 19.4 Å². The zero-order valence-electron chi connectivity index (χ0n) is 12.7. The maximum absolute atomic E-state index is 10.5. The van der Waals surface area contributed by atoms with Gasteiger partial charge in [0.1, 0.15) is 17.2 Å². The molecule has 2 aromatic rings. The van der Waals surface area contributed by atoms with Gasteiger partial charge in [-0.3, -0.25) is 0 Å². The molecule has 0 aromatic heterocycles. The predicted octanol–water partition coefficient (Wildman–Crippen LogP) is 4.56. The van der Waals surface area contributed by atoms with Crippen molar-refractivity contribution >= 4 is 17.7 Å². The fraction of sp³-hybridized carbons (Fsp3) is 0.235. The molecule has 122 valence electrons. The van der Waals surface area contributed by atoms with E-state index in [1.807, 2.05) is 12.1 Å². The Balaban J connectivity index is 1.81. The van der Waals surface area contributed by atoms with Crippen LogP contribution in [0.2, 0.25) is 5.02 Å². The second kappa shape index (κ2) is 8.29. The first-order valence-corrected chi connectivity index (χ1v) is 7.56. The van der Waals surface area contributed by atoms with Gasteiger partial charge < -0.3 is 19.9 Å². The molecule has 5 nitrogen and oxygen atoms in total. The summed E-state index contributed by atoms with van der Waals surface area (Å²) < 4.78 is 11.3. The number of rotatable bonds is 7. The molecule has 2 aromatic carbocycles. The number of hydrogen-bond acceptors (Lipinski definition) is 3. The monoisotopic (exact) mass is 335 g/mol. The topological polar surface area (TPSA) is 67.8 Å². The molecular formula is C17H18ClNO4. The number of halogens is 1. The van der Waals surface area contributed by atoms with Gasteiger partial charge in [-0.05, 0) is 49.4 Å². The van der Waals surface area contributed by atoms with E-state index in [2.05, 4.69) is 5.32 Å². The zero-order chi connectivity index (χ0) is 16.7. The molecule has 0 aliphatic heterocycles. The van der Waals surface area contributed by atoms with E-state index in [9.17, 15) is 4.79 Å². The minimum Gasteiger partial charge on any atom is -0.494 e. The number of ether oxygens (including phenoxy) is 2. The van der Waals surface area contributed by atoms with Crippen LogP contribution >= 0.6 is 11.6 Å². The molecule has 2 rings (SSSR count). The van der Waals surface area contributed by atoms with Crippen molar-refractivity contribution in [2.75, 3.05) is 6.61 Å². The summed E-state index contributed by atoms with van der Waals surface area (Å²) >= 11 is 5.91. The van der Waals surface area contributed by atoms with Crippen molar-refractivity contribution in [1.29, 1.82) is 0 Å². The van der Waals surface area contributed by atoms with Crippen LogP contribution in [0, 0.1) is 0 Å². The number of carboxylic acid groups (broad SMARTS) is 1. The molecule has 0 saturated heterocycles. The highest BCUT2D eigenvalue weighted by Crippen LogP contribution is 2.25. The normalized spacial score (nSPS) is 11.6. The second-order valence-electron chi connectivity index (χ2n) is 5.02. The molecule has 1 unspecified atom stereocenters. The van der Waals surface area contributed by atoms with E-state index in [0.717, 1.165) is 0 Å². The number of amides is 1. The van der Waals surface area contributed by atoms with Crippen molar-refractivity contribution in [1.82, 2.24) is 5.32 Å². The first-order chi connectivity index (χ1) is 11.0. The van der Waals surface area contributed by atoms with Crippen molar-refractivity contribution in [2.24, 2.45) is 0 Å². The number of carbonyl (C=O) groups is 1. The Bertz CT molecular complexity index is 645. The number of nitrogens with one attached hydrogen (secondary N) is 1. The van der Waals surface area contributed by atoms with Crippen LogP contribution in [-0.4, -0.2) is 23.8 Å². The van der Waals surface area contributed by atoms with Gasteiger partial charge in [-0.15, -0.1) is 0 Å². The Hall–Kier alpha value is -2.40. The quantitative estimate of drug-likeness (QED) is 0.778. The van der Waals surface area contributed by atoms with Gasteiger partial charge in [0.25, 0.3) is 0 Å². The average molecular weight is 336 g/mol. The molecule has 0 aliphatic rings. The van der Waals surface area contributed by atoms with Crippen molar-refractivity contribution in [3.05, 3.63) is 53.6 Å². The van der Waals surface area contributed by atoms with Crippen LogP contribution in [-0.2, 0) is 0 Å². The third kappa shape index (κ3) is 6.08. The second-order valence-corrected chi connectivity index (χ2v) is 5.45. The van der Waals surface area contributed by atoms with Gasteiger partial charge >= 0.3 is 6.09 Å². The molecule has 0 heterocycles. The Morgan fingerprint density at radius 2 is 1.87 bits per heavy atom. The van der Waals surface area contributed by atoms with Gasteiger partial charge in [0.05, 0.1) is 6.61 Å². The summed E-state index contributed by atoms with van der Waals surface area (Å²) in [7, 11) is 0. The van der Waals surface area contributed by atoms with Gasteiger partial charge in [-0.25, -0.2) is 4.79 Å². The molecule has 1 amide bonds. The van der Waals surface area contributed by atoms with E-state index in [4.69, 9.17) is 26.2 Å². The highest BCUT2D eigenvalue weighted by molar-refractivity contribution is 6.30. The summed E-state index contributed by atoms with van der Waals surface area (Å²) in [5.41, 5.74) is 0. The zero-order valence-corrected chi connectivity index (χ0v) is 13.4. The summed E-state index contributed by atoms with van der Waals surface area (Å²) in [5, 5.41) is 11.6. The molecule has 0 saturated carbocycles. The Morgan fingerprint density at radius 3 is 2.52 bits per heavy atom. The lowest BCUT2D eigenvalue weighted by Gasteiger charge is -2.12. The predicted molar refractivity (Wildman–Crippen MR) is 88.7 cm³/mol. The molecule has 0 aliphatic carbocycles. The van der Waals surface area contributed by atoms with Gasteiger partial charge in [0, 0.05) is 17.5 Å². The summed E-state index contributed by atoms with van der Waals surface area (Å²) in [5.74, 6) is 2.05. The third-order valence-corrected chi connectivity index (χ3v) is 3.28. The summed E-state index contributed by atoms with van der Waals surface area (Å²) in [6, 6.07) is 14.2. The van der Waals surface area contributed by atoms with Crippen LogP contribution < -0.4 is 14.8 Å². The van der Waals surface area contributed by atoms with E-state index >= 15 is 0 Å². The van der Waals surface area contributed by atoms with E-state index in [0.29, 0.717) is 35.3 Å². The maximum atomic E-state index is 10.5. The molecular weight excluding hydrogens is 318 g/mol. The van der Waals surface area contributed by atoms with E-state index in [1.54, 1.807) is 43.3 Å². The summed E-state index contributed by atoms with van der Waals surface area (Å²) in [6.45, 7) is 2.22. The highest BCUT2D eigenvalue weighted by Gasteiger charge is 2.05. The van der Waals surface area contributed by atoms with Crippen molar-refractivity contribution in [3.63, 3.8) is 0 Å². The van der Waals surface area contributed by atoms with Crippen LogP contribution in [0.25, 0.3) is 0 Å². The summed E-state index contributed by atoms with van der Waals surface area (Å²) in [4.78, 5) is 10.5. The lowest BCUT2D eigenvalue weighted by molar-refractivity contribution is 0.188. The first-order valence-electron chi connectivity index (χ1n) is 7.18. The molecule has 0 bridgehead atoms. The van der Waals surface area contributed by atoms with Gasteiger partial charge in [0.15, 0.2) is 0 Å². The highest BCUT2D eigenvalue weighted by atomic mass is 35.5. The molecule has 2 N–H and O–H groups in total. The van der Waals surface area contributed by atoms with Crippen LogP contribution in [0.3, 0.4) is 0 Å². The molecule has 23 heavy (non-hydrogen) atoms. The Labute approximate surface area is 139 Å². The van der Waals surface area contributed by atoms with Crippen LogP contribution in [0.15, 0.2) is 48.5 Å². The van der Waals surface area contributed by atoms with E-state index < -0.39 is 6.09 Å². The fourth-order valence-electron chi connectivity index (χ4n) is 1.91. The van der Waals surface area contributed by atoms with Gasteiger partial charge in [-0.1, -0.05) is 17.7 Å². The molecule has 6 heteroatoms. The average Bonchev–Trinajstić information content (AvgIpc) is 2.48. The lowest BCUT2D eigenvalue weighted by atomic mass is 10.2. The van der Waals surface area contributed by atoms with Crippen molar-refractivity contribution in [3.8, 4) is 17.2 Å². The minimum absolute atomic E-state index is 0.155. The number of hydrogen-bond donors (Lipinski definition) is 2. The van der Waals surface area contributed by atoms with E-state index in [1.165, 1.54) is 0 Å². The molecule has 0 fully saturated rings. The standard InChI is InChI=1S/C17H18ClNO4/c1-12(19-17(20)21)9-10-22-14-5-7-15(8-6-14)23-16-4-2-3-13(18)11-16/h2-8,11-12,19H,9-10H2,1H3,(H,20,21). The SMILES string of the molecule is CC(CCOc1ccc(Oc2cccc(Cl)c2)cc1)NC(=O)O. The van der Waals surface area contributed by atoms with Crippen LogP contribution in [0.1, 0.15) is 13.3 Å². The lowest BCUT2D eigenvalue weighted by Crippen LogP contribution is -2.32.